The van der Waals surface area contributed by atoms with Gasteiger partial charge in [-0.15, -0.1) is 0 Å². The first-order valence-corrected chi connectivity index (χ1v) is 8.21. The van der Waals surface area contributed by atoms with Crippen LogP contribution >= 0.6 is 0 Å². The summed E-state index contributed by atoms with van der Waals surface area (Å²) in [5, 5.41) is 0.999. The van der Waals surface area contributed by atoms with Crippen LogP contribution in [0.2, 0.25) is 0 Å². The topological polar surface area (TPSA) is 49.4 Å². The number of methoxy groups -OCH3 is 2. The van der Waals surface area contributed by atoms with Crippen molar-refractivity contribution in [2.75, 3.05) is 20.0 Å². The largest absolute Gasteiger partial charge is 0.497 e. The molecule has 0 fully saturated rings. The molecule has 128 valence electrons. The maximum atomic E-state index is 6.37. The van der Waals surface area contributed by atoms with Crippen molar-refractivity contribution in [3.05, 3.63) is 53.2 Å². The highest BCUT2D eigenvalue weighted by Crippen LogP contribution is 2.31. The van der Waals surface area contributed by atoms with Crippen molar-refractivity contribution in [2.24, 2.45) is 0 Å². The molecule has 0 atom stereocenters. The number of nitrogens with zero attached hydrogens (tertiary/aromatic N) is 1. The number of rotatable bonds is 3. The van der Waals surface area contributed by atoms with E-state index in [2.05, 4.69) is 23.3 Å². The van der Waals surface area contributed by atoms with E-state index in [1.54, 1.807) is 14.2 Å². The lowest BCUT2D eigenvalue weighted by Crippen LogP contribution is -1.99. The Morgan fingerprint density at radius 3 is 2.32 bits per heavy atom. The number of benzene rings is 2. The lowest BCUT2D eigenvalue weighted by atomic mass is 10.1. The monoisotopic (exact) mass is 334 g/mol. The Labute approximate surface area is 148 Å². The minimum atomic E-state index is 0.707. The molecule has 0 spiro atoms. The molecule has 0 unspecified atom stereocenters. The predicted molar refractivity (Wildman–Crippen MR) is 102 cm³/mol. The van der Waals surface area contributed by atoms with Crippen LogP contribution in [0.3, 0.4) is 0 Å². The van der Waals surface area contributed by atoms with Gasteiger partial charge < -0.3 is 19.8 Å². The summed E-state index contributed by atoms with van der Waals surface area (Å²) >= 11 is 0. The Morgan fingerprint density at radius 1 is 1.00 bits per heavy atom. The molecule has 2 aromatic carbocycles. The van der Waals surface area contributed by atoms with Crippen LogP contribution in [0.4, 0.5) is 5.69 Å². The molecule has 1 aromatic heterocycles. The van der Waals surface area contributed by atoms with Crippen molar-refractivity contribution in [1.82, 2.24) is 4.57 Å². The molecule has 0 saturated heterocycles. The number of ether oxygens (including phenoxy) is 2. The second kappa shape index (κ2) is 6.82. The number of nitrogens with two attached hydrogens (primary N) is 1. The normalized spacial score (nSPS) is 10.4. The van der Waals surface area contributed by atoms with E-state index in [4.69, 9.17) is 15.2 Å². The average Bonchev–Trinajstić information content (AvgIpc) is 2.91. The molecular weight excluding hydrogens is 312 g/mol. The standard InChI is InChI=1S/C21H22N2O2/c1-5-23-19(11-7-15-6-8-16(24-3)12-14(15)2)21(22)18-10-9-17(25-4)13-20(18)23/h6,8-10,12-13H,5,22H2,1-4H3. The van der Waals surface area contributed by atoms with Gasteiger partial charge in [0, 0.05) is 23.6 Å². The fraction of sp³-hybridized carbons (Fsp3) is 0.238. The molecule has 3 aromatic rings. The van der Waals surface area contributed by atoms with Crippen molar-refractivity contribution in [1.29, 1.82) is 0 Å². The van der Waals surface area contributed by atoms with Crippen molar-refractivity contribution < 1.29 is 9.47 Å². The van der Waals surface area contributed by atoms with Gasteiger partial charge >= 0.3 is 0 Å². The van der Waals surface area contributed by atoms with E-state index in [9.17, 15) is 0 Å². The van der Waals surface area contributed by atoms with Crippen LogP contribution in [-0.4, -0.2) is 18.8 Å². The molecule has 4 heteroatoms. The van der Waals surface area contributed by atoms with Crippen molar-refractivity contribution in [3.63, 3.8) is 0 Å². The number of hydrogen-bond acceptors (Lipinski definition) is 3. The van der Waals surface area contributed by atoms with E-state index in [0.29, 0.717) is 5.69 Å². The van der Waals surface area contributed by atoms with E-state index in [1.807, 2.05) is 43.3 Å². The Hall–Kier alpha value is -3.06. The highest BCUT2D eigenvalue weighted by Gasteiger charge is 2.13. The van der Waals surface area contributed by atoms with Gasteiger partial charge in [-0.2, -0.15) is 0 Å². The lowest BCUT2D eigenvalue weighted by Gasteiger charge is -2.05. The fourth-order valence-corrected chi connectivity index (χ4v) is 2.98. The lowest BCUT2D eigenvalue weighted by molar-refractivity contribution is 0.414. The van der Waals surface area contributed by atoms with Crippen LogP contribution in [0, 0.1) is 18.8 Å². The molecule has 0 aliphatic heterocycles. The third kappa shape index (κ3) is 3.01. The summed E-state index contributed by atoms with van der Waals surface area (Å²) in [4.78, 5) is 0. The van der Waals surface area contributed by atoms with Crippen LogP contribution in [0.15, 0.2) is 36.4 Å². The predicted octanol–water partition coefficient (Wildman–Crippen LogP) is 3.97. The first kappa shape index (κ1) is 16.8. The average molecular weight is 334 g/mol. The smallest absolute Gasteiger partial charge is 0.120 e. The summed E-state index contributed by atoms with van der Waals surface area (Å²) in [5.74, 6) is 8.15. The summed E-state index contributed by atoms with van der Waals surface area (Å²) in [6.45, 7) is 4.89. The Morgan fingerprint density at radius 2 is 1.68 bits per heavy atom. The summed E-state index contributed by atoms with van der Waals surface area (Å²) in [5.41, 5.74) is 11.0. The van der Waals surface area contributed by atoms with Gasteiger partial charge in [-0.05, 0) is 55.7 Å². The molecule has 0 aliphatic rings. The van der Waals surface area contributed by atoms with E-state index in [-0.39, 0.29) is 0 Å². The van der Waals surface area contributed by atoms with Crippen molar-refractivity contribution in [2.45, 2.75) is 20.4 Å². The molecule has 0 radical (unpaired) electrons. The second-order valence-electron chi connectivity index (χ2n) is 5.82. The first-order valence-electron chi connectivity index (χ1n) is 8.21. The van der Waals surface area contributed by atoms with Gasteiger partial charge in [0.15, 0.2) is 0 Å². The zero-order valence-electron chi connectivity index (χ0n) is 15.0. The van der Waals surface area contributed by atoms with Crippen molar-refractivity contribution in [3.8, 4) is 23.3 Å². The SMILES string of the molecule is CCn1c(C#Cc2ccc(OC)cc2C)c(N)c2ccc(OC)cc21. The van der Waals surface area contributed by atoms with E-state index in [1.165, 1.54) is 0 Å². The number of fused-ring (bicyclic) bond motifs is 1. The van der Waals surface area contributed by atoms with Crippen LogP contribution < -0.4 is 15.2 Å². The van der Waals surface area contributed by atoms with Crippen molar-refractivity contribution >= 4 is 16.6 Å². The van der Waals surface area contributed by atoms with Crippen LogP contribution in [0.25, 0.3) is 10.9 Å². The van der Waals surface area contributed by atoms with Gasteiger partial charge in [-0.3, -0.25) is 0 Å². The fourth-order valence-electron chi connectivity index (χ4n) is 2.98. The highest BCUT2D eigenvalue weighted by atomic mass is 16.5. The molecule has 25 heavy (non-hydrogen) atoms. The quantitative estimate of drug-likeness (QED) is 0.737. The molecule has 0 saturated carbocycles. The highest BCUT2D eigenvalue weighted by molar-refractivity contribution is 5.96. The van der Waals surface area contributed by atoms with Gasteiger partial charge in [0.05, 0.1) is 25.4 Å². The number of hydrogen-bond donors (Lipinski definition) is 1. The van der Waals surface area contributed by atoms with Crippen LogP contribution in [0.1, 0.15) is 23.7 Å². The first-order chi connectivity index (χ1) is 12.1. The van der Waals surface area contributed by atoms with E-state index in [0.717, 1.165) is 45.8 Å². The Bertz CT molecular complexity index is 991. The number of nitrogen functional groups attached to an aromatic ring is 1. The third-order valence-corrected chi connectivity index (χ3v) is 4.38. The number of aromatic nitrogens is 1. The molecule has 0 bridgehead atoms. The number of anilines is 1. The Kier molecular flexibility index (Phi) is 4.58. The molecule has 3 rings (SSSR count). The molecule has 0 amide bonds. The Balaban J connectivity index is 2.12. The van der Waals surface area contributed by atoms with Crippen LogP contribution in [-0.2, 0) is 6.54 Å². The molecular formula is C21H22N2O2. The van der Waals surface area contributed by atoms with Gasteiger partial charge in [-0.1, -0.05) is 5.92 Å². The van der Waals surface area contributed by atoms with Crippen LogP contribution in [0.5, 0.6) is 11.5 Å². The maximum absolute atomic E-state index is 6.37. The molecule has 1 heterocycles. The minimum absolute atomic E-state index is 0.707. The molecule has 0 aliphatic carbocycles. The zero-order valence-corrected chi connectivity index (χ0v) is 15.0. The molecule has 2 N–H and O–H groups in total. The van der Waals surface area contributed by atoms with Gasteiger partial charge in [0.25, 0.3) is 0 Å². The molecule has 4 nitrogen and oxygen atoms in total. The summed E-state index contributed by atoms with van der Waals surface area (Å²) < 4.78 is 12.7. The number of aryl methyl sites for hydroxylation is 2. The van der Waals surface area contributed by atoms with E-state index >= 15 is 0 Å². The van der Waals surface area contributed by atoms with Gasteiger partial charge in [0.1, 0.15) is 17.2 Å². The summed E-state index contributed by atoms with van der Waals surface area (Å²) in [6.07, 6.45) is 0. The summed E-state index contributed by atoms with van der Waals surface area (Å²) in [6, 6.07) is 11.8. The third-order valence-electron chi connectivity index (χ3n) is 4.38. The van der Waals surface area contributed by atoms with Gasteiger partial charge in [0.2, 0.25) is 0 Å². The minimum Gasteiger partial charge on any atom is -0.497 e. The van der Waals surface area contributed by atoms with E-state index < -0.39 is 0 Å². The summed E-state index contributed by atoms with van der Waals surface area (Å²) in [7, 11) is 3.33. The maximum Gasteiger partial charge on any atom is 0.120 e. The second-order valence-corrected chi connectivity index (χ2v) is 5.82. The zero-order chi connectivity index (χ0) is 18.0. The van der Waals surface area contributed by atoms with Gasteiger partial charge in [-0.25, -0.2) is 0 Å².